The number of allylic oxidation sites excluding steroid dienone is 3. The van der Waals surface area contributed by atoms with Crippen LogP contribution in [-0.2, 0) is 0 Å². The molecule has 1 nitrogen and oxygen atoms in total. The van der Waals surface area contributed by atoms with Crippen LogP contribution in [0.1, 0.15) is 136 Å². The number of hydrogen-bond acceptors (Lipinski definition) is 1. The molecule has 0 amide bonds. The van der Waals surface area contributed by atoms with Crippen molar-refractivity contribution in [3.8, 4) is 0 Å². The lowest BCUT2D eigenvalue weighted by molar-refractivity contribution is 0.303. The molecule has 0 spiro atoms. The predicted molar refractivity (Wildman–Crippen MR) is 137 cm³/mol. The molecular weight excluding hydrogens is 362 g/mol. The lowest BCUT2D eigenvalue weighted by Gasteiger charge is -2.18. The fraction of sp³-hybridized carbons (Fsp3) is 0.862. The van der Waals surface area contributed by atoms with Crippen molar-refractivity contribution in [2.75, 3.05) is 19.6 Å². The van der Waals surface area contributed by atoms with E-state index in [1.54, 1.807) is 0 Å². The Balaban J connectivity index is 1.79. The van der Waals surface area contributed by atoms with Gasteiger partial charge in [-0.25, -0.2) is 0 Å². The van der Waals surface area contributed by atoms with Crippen molar-refractivity contribution < 1.29 is 0 Å². The zero-order chi connectivity index (χ0) is 21.7. The van der Waals surface area contributed by atoms with Gasteiger partial charge in [-0.3, -0.25) is 0 Å². The first-order chi connectivity index (χ1) is 14.7. The van der Waals surface area contributed by atoms with Gasteiger partial charge in [0.25, 0.3) is 0 Å². The molecule has 1 atom stereocenters. The van der Waals surface area contributed by atoms with Crippen LogP contribution in [0.15, 0.2) is 24.3 Å². The maximum atomic E-state index is 4.35. The molecule has 0 aromatic heterocycles. The van der Waals surface area contributed by atoms with Crippen LogP contribution in [0.4, 0.5) is 0 Å². The van der Waals surface area contributed by atoms with E-state index in [-0.39, 0.29) is 0 Å². The number of likely N-dealkylation sites (tertiary alicyclic amines) is 1. The van der Waals surface area contributed by atoms with E-state index in [4.69, 9.17) is 0 Å². The number of nitrogens with zero attached hydrogens (tertiary/aromatic N) is 1. The van der Waals surface area contributed by atoms with E-state index in [1.807, 2.05) is 0 Å². The molecule has 0 N–H and O–H groups in total. The van der Waals surface area contributed by atoms with Gasteiger partial charge >= 0.3 is 0 Å². The summed E-state index contributed by atoms with van der Waals surface area (Å²) in [7, 11) is 0. The minimum absolute atomic E-state index is 0.860. The van der Waals surface area contributed by atoms with Crippen molar-refractivity contribution in [1.82, 2.24) is 4.90 Å². The SMILES string of the molecule is C=C(CCCCCCCCCC/C=C\CCCCC)CCC(C)CCN1CCCC1. The van der Waals surface area contributed by atoms with Gasteiger partial charge in [-0.05, 0) is 96.2 Å². The molecule has 0 bridgehead atoms. The molecule has 1 saturated heterocycles. The average molecular weight is 418 g/mol. The summed E-state index contributed by atoms with van der Waals surface area (Å²) in [6.45, 7) is 13.1. The first kappa shape index (κ1) is 27.5. The first-order valence-electron chi connectivity index (χ1n) is 13.8. The normalized spacial score (nSPS) is 15.9. The van der Waals surface area contributed by atoms with E-state index in [9.17, 15) is 0 Å². The summed E-state index contributed by atoms with van der Waals surface area (Å²) in [4.78, 5) is 2.65. The van der Waals surface area contributed by atoms with Crippen LogP contribution < -0.4 is 0 Å². The number of hydrogen-bond donors (Lipinski definition) is 0. The second-order valence-corrected chi connectivity index (χ2v) is 10.1. The molecule has 1 unspecified atom stereocenters. The Morgan fingerprint density at radius 3 is 1.97 bits per heavy atom. The van der Waals surface area contributed by atoms with Gasteiger partial charge in [0, 0.05) is 0 Å². The summed E-state index contributed by atoms with van der Waals surface area (Å²) < 4.78 is 0. The van der Waals surface area contributed by atoms with Crippen LogP contribution in [0.5, 0.6) is 0 Å². The van der Waals surface area contributed by atoms with Gasteiger partial charge in [0.2, 0.25) is 0 Å². The lowest BCUT2D eigenvalue weighted by atomic mass is 9.96. The number of unbranched alkanes of at least 4 members (excludes halogenated alkanes) is 11. The Labute approximate surface area is 190 Å². The molecule has 1 fully saturated rings. The summed E-state index contributed by atoms with van der Waals surface area (Å²) in [5, 5.41) is 0. The minimum Gasteiger partial charge on any atom is -0.303 e. The van der Waals surface area contributed by atoms with E-state index in [2.05, 4.69) is 37.5 Å². The highest BCUT2D eigenvalue weighted by Gasteiger charge is 2.12. The van der Waals surface area contributed by atoms with Crippen molar-refractivity contribution in [3.63, 3.8) is 0 Å². The third-order valence-corrected chi connectivity index (χ3v) is 6.92. The second kappa shape index (κ2) is 20.3. The maximum absolute atomic E-state index is 4.35. The van der Waals surface area contributed by atoms with Gasteiger partial charge in [0.05, 0.1) is 0 Å². The van der Waals surface area contributed by atoms with Gasteiger partial charge in [-0.1, -0.05) is 89.5 Å². The third kappa shape index (κ3) is 17.2. The lowest BCUT2D eigenvalue weighted by Crippen LogP contribution is -2.22. The smallest absolute Gasteiger partial charge is 0.00162 e. The average Bonchev–Trinajstić information content (AvgIpc) is 3.27. The van der Waals surface area contributed by atoms with Crippen LogP contribution in [0.2, 0.25) is 0 Å². The fourth-order valence-corrected chi connectivity index (χ4v) is 4.57. The second-order valence-electron chi connectivity index (χ2n) is 10.1. The van der Waals surface area contributed by atoms with E-state index < -0.39 is 0 Å². The van der Waals surface area contributed by atoms with Gasteiger partial charge in [0.15, 0.2) is 0 Å². The molecule has 0 aliphatic carbocycles. The van der Waals surface area contributed by atoms with Gasteiger partial charge in [-0.15, -0.1) is 0 Å². The van der Waals surface area contributed by atoms with Crippen molar-refractivity contribution in [1.29, 1.82) is 0 Å². The van der Waals surface area contributed by atoms with Crippen molar-refractivity contribution in [3.05, 3.63) is 24.3 Å². The predicted octanol–water partition coefficient (Wildman–Crippen LogP) is 9.48. The Morgan fingerprint density at radius 1 is 0.767 bits per heavy atom. The molecular formula is C29H55N. The van der Waals surface area contributed by atoms with Crippen LogP contribution in [0.25, 0.3) is 0 Å². The molecule has 30 heavy (non-hydrogen) atoms. The zero-order valence-corrected chi connectivity index (χ0v) is 20.9. The minimum atomic E-state index is 0.860. The van der Waals surface area contributed by atoms with E-state index in [0.29, 0.717) is 0 Å². The molecule has 0 aromatic rings. The van der Waals surface area contributed by atoms with Crippen molar-refractivity contribution in [2.45, 2.75) is 136 Å². The molecule has 0 saturated carbocycles. The van der Waals surface area contributed by atoms with Crippen molar-refractivity contribution >= 4 is 0 Å². The summed E-state index contributed by atoms with van der Waals surface area (Å²) >= 11 is 0. The highest BCUT2D eigenvalue weighted by atomic mass is 15.1. The van der Waals surface area contributed by atoms with Crippen LogP contribution in [-0.4, -0.2) is 24.5 Å². The van der Waals surface area contributed by atoms with E-state index >= 15 is 0 Å². The summed E-state index contributed by atoms with van der Waals surface area (Å²) in [6, 6.07) is 0. The Kier molecular flexibility index (Phi) is 18.6. The van der Waals surface area contributed by atoms with Crippen molar-refractivity contribution in [2.24, 2.45) is 5.92 Å². The van der Waals surface area contributed by atoms with Crippen LogP contribution in [0.3, 0.4) is 0 Å². The molecule has 1 rings (SSSR count). The molecule has 0 aromatic carbocycles. The monoisotopic (exact) mass is 417 g/mol. The van der Waals surface area contributed by atoms with E-state index in [1.165, 1.54) is 147 Å². The quantitative estimate of drug-likeness (QED) is 0.133. The maximum Gasteiger partial charge on any atom is -0.00162 e. The summed E-state index contributed by atoms with van der Waals surface area (Å²) in [5.74, 6) is 0.860. The Morgan fingerprint density at radius 2 is 1.33 bits per heavy atom. The molecule has 0 radical (unpaired) electrons. The van der Waals surface area contributed by atoms with E-state index in [0.717, 1.165) is 5.92 Å². The largest absolute Gasteiger partial charge is 0.303 e. The highest BCUT2D eigenvalue weighted by Crippen LogP contribution is 2.20. The number of rotatable bonds is 21. The fourth-order valence-electron chi connectivity index (χ4n) is 4.57. The molecule has 1 aliphatic rings. The Bertz CT molecular complexity index is 405. The summed E-state index contributed by atoms with van der Waals surface area (Å²) in [5.41, 5.74) is 1.51. The first-order valence-corrected chi connectivity index (χ1v) is 13.8. The van der Waals surface area contributed by atoms with Crippen LogP contribution >= 0.6 is 0 Å². The third-order valence-electron chi connectivity index (χ3n) is 6.92. The van der Waals surface area contributed by atoms with Gasteiger partial charge in [-0.2, -0.15) is 0 Å². The molecule has 1 aliphatic heterocycles. The Hall–Kier alpha value is -0.560. The van der Waals surface area contributed by atoms with Gasteiger partial charge < -0.3 is 4.90 Å². The van der Waals surface area contributed by atoms with Crippen LogP contribution in [0, 0.1) is 5.92 Å². The molecule has 1 heterocycles. The van der Waals surface area contributed by atoms with Gasteiger partial charge in [0.1, 0.15) is 0 Å². The highest BCUT2D eigenvalue weighted by molar-refractivity contribution is 4.94. The molecule has 1 heteroatoms. The molecule has 176 valence electrons. The zero-order valence-electron chi connectivity index (χ0n) is 20.9. The summed E-state index contributed by atoms with van der Waals surface area (Å²) in [6.07, 6.45) is 30.9. The standard InChI is InChI=1S/C29H55N/c1-4-5-6-7-8-9-10-11-12-13-14-15-16-17-18-21-28(2)22-23-29(3)24-27-30-25-19-20-26-30/h8-9,29H,2,4-7,10-27H2,1,3H3/b9-8-. The topological polar surface area (TPSA) is 3.24 Å².